The summed E-state index contributed by atoms with van der Waals surface area (Å²) in [7, 11) is -3.55. The molecule has 1 rings (SSSR count). The van der Waals surface area contributed by atoms with E-state index < -0.39 is 15.3 Å². The summed E-state index contributed by atoms with van der Waals surface area (Å²) < 4.78 is 31.0. The van der Waals surface area contributed by atoms with E-state index in [9.17, 15) is 8.42 Å². The normalized spacial score (nSPS) is 26.1. The summed E-state index contributed by atoms with van der Waals surface area (Å²) in [4.78, 5) is 0. The average molecular weight is 261 g/mol. The van der Waals surface area contributed by atoms with Crippen molar-refractivity contribution < 1.29 is 13.2 Å². The predicted molar refractivity (Wildman–Crippen MR) is 63.6 cm³/mol. The van der Waals surface area contributed by atoms with Gasteiger partial charge in [-0.3, -0.25) is 0 Å². The number of nitrogens with two attached hydrogens (primary N) is 1. The van der Waals surface area contributed by atoms with E-state index in [0.717, 1.165) is 0 Å². The quantitative estimate of drug-likeness (QED) is 0.747. The van der Waals surface area contributed by atoms with E-state index in [1.54, 1.807) is 13.8 Å². The summed E-state index contributed by atoms with van der Waals surface area (Å²) in [6, 6.07) is 1.60. The molecule has 3 unspecified atom stereocenters. The number of nitrogens with zero attached hydrogens (tertiary/aromatic N) is 2. The van der Waals surface area contributed by atoms with Crippen molar-refractivity contribution in [2.75, 3.05) is 19.7 Å². The third-order valence-corrected chi connectivity index (χ3v) is 5.09. The van der Waals surface area contributed by atoms with Crippen LogP contribution in [0.1, 0.15) is 20.3 Å². The Morgan fingerprint density at radius 1 is 1.65 bits per heavy atom. The van der Waals surface area contributed by atoms with Crippen LogP contribution in [-0.2, 0) is 14.8 Å². The maximum Gasteiger partial charge on any atom is 0.230 e. The van der Waals surface area contributed by atoms with Crippen molar-refractivity contribution in [3.05, 3.63) is 0 Å². The van der Waals surface area contributed by atoms with Gasteiger partial charge in [0.2, 0.25) is 10.0 Å². The van der Waals surface area contributed by atoms with Gasteiger partial charge < -0.3 is 10.5 Å². The highest BCUT2D eigenvalue weighted by Crippen LogP contribution is 2.17. The molecule has 0 spiro atoms. The number of ether oxygens (including phenoxy) is 1. The number of hydrogen-bond donors (Lipinski definition) is 1. The van der Waals surface area contributed by atoms with Crippen LogP contribution >= 0.6 is 0 Å². The van der Waals surface area contributed by atoms with Crippen molar-refractivity contribution in [1.29, 1.82) is 5.26 Å². The lowest BCUT2D eigenvalue weighted by molar-refractivity contribution is -0.0121. The zero-order valence-electron chi connectivity index (χ0n) is 10.2. The average Bonchev–Trinajstić information content (AvgIpc) is 2.30. The zero-order valence-corrected chi connectivity index (χ0v) is 11.0. The maximum absolute atomic E-state index is 12.1. The Hall–Kier alpha value is -0.680. The van der Waals surface area contributed by atoms with E-state index in [-0.39, 0.29) is 18.7 Å². The van der Waals surface area contributed by atoms with Gasteiger partial charge in [0, 0.05) is 19.1 Å². The lowest BCUT2D eigenvalue weighted by Crippen LogP contribution is -2.53. The molecular weight excluding hydrogens is 242 g/mol. The number of hydrogen-bond acceptors (Lipinski definition) is 5. The van der Waals surface area contributed by atoms with E-state index >= 15 is 0 Å². The summed E-state index contributed by atoms with van der Waals surface area (Å²) in [5.41, 5.74) is 5.70. The molecule has 0 aromatic rings. The second-order valence-corrected chi connectivity index (χ2v) is 6.31. The molecule has 1 heterocycles. The summed E-state index contributed by atoms with van der Waals surface area (Å²) >= 11 is 0. The first-order valence-corrected chi connectivity index (χ1v) is 7.19. The number of nitriles is 1. The van der Waals surface area contributed by atoms with E-state index in [0.29, 0.717) is 19.6 Å². The molecule has 3 atom stereocenters. The van der Waals surface area contributed by atoms with Gasteiger partial charge in [-0.05, 0) is 13.3 Å². The summed E-state index contributed by atoms with van der Waals surface area (Å²) in [5.74, 6) is 0. The van der Waals surface area contributed by atoms with Crippen LogP contribution in [0, 0.1) is 11.3 Å². The smallest absolute Gasteiger partial charge is 0.230 e. The van der Waals surface area contributed by atoms with Gasteiger partial charge >= 0.3 is 0 Å². The minimum absolute atomic E-state index is 0.227. The highest BCUT2D eigenvalue weighted by molar-refractivity contribution is 7.90. The summed E-state index contributed by atoms with van der Waals surface area (Å²) in [6.45, 7) is 4.33. The molecule has 0 bridgehead atoms. The van der Waals surface area contributed by atoms with Crippen molar-refractivity contribution in [3.8, 4) is 6.07 Å². The lowest BCUT2D eigenvalue weighted by Gasteiger charge is -2.34. The van der Waals surface area contributed by atoms with Crippen LogP contribution in [0.3, 0.4) is 0 Å². The molecule has 0 aliphatic carbocycles. The van der Waals surface area contributed by atoms with E-state index in [1.807, 2.05) is 6.07 Å². The fraction of sp³-hybridized carbons (Fsp3) is 0.900. The Bertz CT molecular complexity index is 388. The number of morpholine rings is 1. The fourth-order valence-corrected chi connectivity index (χ4v) is 3.35. The van der Waals surface area contributed by atoms with Crippen molar-refractivity contribution in [2.45, 2.75) is 37.7 Å². The van der Waals surface area contributed by atoms with Crippen molar-refractivity contribution in [3.63, 3.8) is 0 Å². The number of sulfonamides is 1. The SMILES string of the molecule is CCC(C#N)S(=O)(=O)N1CCOC(C(C)N)C1. The van der Waals surface area contributed by atoms with Gasteiger partial charge in [-0.2, -0.15) is 9.57 Å². The molecule has 1 saturated heterocycles. The zero-order chi connectivity index (χ0) is 13.1. The molecule has 17 heavy (non-hydrogen) atoms. The Kier molecular flexibility index (Phi) is 4.89. The number of rotatable bonds is 4. The van der Waals surface area contributed by atoms with Crippen LogP contribution in [0.2, 0.25) is 0 Å². The molecule has 0 aromatic carbocycles. The molecule has 6 nitrogen and oxygen atoms in total. The van der Waals surface area contributed by atoms with Gasteiger partial charge in [-0.1, -0.05) is 6.92 Å². The highest BCUT2D eigenvalue weighted by atomic mass is 32.2. The van der Waals surface area contributed by atoms with Crippen molar-refractivity contribution in [2.24, 2.45) is 5.73 Å². The van der Waals surface area contributed by atoms with E-state index in [2.05, 4.69) is 0 Å². The Balaban J connectivity index is 2.82. The second kappa shape index (κ2) is 5.78. The predicted octanol–water partition coefficient (Wildman–Crippen LogP) is -0.334. The van der Waals surface area contributed by atoms with Gasteiger partial charge in [0.05, 0.1) is 18.8 Å². The molecule has 2 N–H and O–H groups in total. The molecule has 0 radical (unpaired) electrons. The molecule has 1 aliphatic rings. The summed E-state index contributed by atoms with van der Waals surface area (Å²) in [5, 5.41) is 7.88. The fourth-order valence-electron chi connectivity index (χ4n) is 1.75. The first-order valence-electron chi connectivity index (χ1n) is 5.69. The Morgan fingerprint density at radius 3 is 2.76 bits per heavy atom. The van der Waals surface area contributed by atoms with Crippen LogP contribution < -0.4 is 5.73 Å². The lowest BCUT2D eigenvalue weighted by atomic mass is 10.2. The van der Waals surface area contributed by atoms with Crippen LogP contribution in [0.4, 0.5) is 0 Å². The first kappa shape index (κ1) is 14.4. The second-order valence-electron chi connectivity index (χ2n) is 4.20. The molecule has 1 fully saturated rings. The van der Waals surface area contributed by atoms with Crippen molar-refractivity contribution in [1.82, 2.24) is 4.31 Å². The molecule has 7 heteroatoms. The maximum atomic E-state index is 12.1. The third kappa shape index (κ3) is 3.16. The minimum atomic E-state index is -3.55. The van der Waals surface area contributed by atoms with Gasteiger partial charge in [-0.25, -0.2) is 8.42 Å². The molecule has 0 amide bonds. The van der Waals surface area contributed by atoms with Gasteiger partial charge in [0.15, 0.2) is 5.25 Å². The van der Waals surface area contributed by atoms with Crippen LogP contribution in [0.15, 0.2) is 0 Å². The van der Waals surface area contributed by atoms with E-state index in [1.165, 1.54) is 4.31 Å². The highest BCUT2D eigenvalue weighted by Gasteiger charge is 2.35. The molecule has 98 valence electrons. The van der Waals surface area contributed by atoms with Crippen LogP contribution in [0.5, 0.6) is 0 Å². The summed E-state index contributed by atoms with van der Waals surface area (Å²) in [6.07, 6.45) is -0.00584. The monoisotopic (exact) mass is 261 g/mol. The first-order chi connectivity index (χ1) is 7.93. The largest absolute Gasteiger partial charge is 0.374 e. The topological polar surface area (TPSA) is 96.4 Å². The Morgan fingerprint density at radius 2 is 2.29 bits per heavy atom. The minimum Gasteiger partial charge on any atom is -0.374 e. The van der Waals surface area contributed by atoms with E-state index in [4.69, 9.17) is 15.7 Å². The van der Waals surface area contributed by atoms with Gasteiger partial charge in [-0.15, -0.1) is 0 Å². The molecule has 1 aliphatic heterocycles. The molecular formula is C10H19N3O3S. The van der Waals surface area contributed by atoms with Crippen LogP contribution in [-0.4, -0.2) is 49.8 Å². The standard InChI is InChI=1S/C10H19N3O3S/c1-3-9(6-11)17(14,15)13-4-5-16-10(7-13)8(2)12/h8-10H,3-5,7,12H2,1-2H3. The molecule has 0 aromatic heterocycles. The van der Waals surface area contributed by atoms with Crippen LogP contribution in [0.25, 0.3) is 0 Å². The van der Waals surface area contributed by atoms with Crippen molar-refractivity contribution >= 4 is 10.0 Å². The van der Waals surface area contributed by atoms with Gasteiger partial charge in [0.1, 0.15) is 0 Å². The third-order valence-electron chi connectivity index (χ3n) is 2.88. The Labute approximate surface area is 102 Å². The van der Waals surface area contributed by atoms with Gasteiger partial charge in [0.25, 0.3) is 0 Å². The molecule has 0 saturated carbocycles.